The van der Waals surface area contributed by atoms with Crippen LogP contribution in [0.15, 0.2) is 279 Å². The second kappa shape index (κ2) is 16.7. The van der Waals surface area contributed by atoms with Crippen molar-refractivity contribution in [3.8, 4) is 50.2 Å². The smallest absolute Gasteiger partial charge is 0.0713 e. The fourth-order valence-corrected chi connectivity index (χ4v) is 11.2. The molecule has 0 aliphatic heterocycles. The minimum Gasteiger partial charge on any atom is -0.310 e. The molecule has 0 N–H and O–H groups in total. The Labute approximate surface area is 403 Å². The third kappa shape index (κ3) is 6.64. The molecule has 1 aromatic heterocycles. The summed E-state index contributed by atoms with van der Waals surface area (Å²) in [5.41, 5.74) is 21.1. The molecule has 0 spiro atoms. The van der Waals surface area contributed by atoms with Crippen LogP contribution in [0.25, 0.3) is 72.0 Å². The van der Waals surface area contributed by atoms with E-state index in [-0.39, 0.29) is 0 Å². The summed E-state index contributed by atoms with van der Waals surface area (Å²) in [6, 6.07) is 102. The minimum absolute atomic E-state index is 0.477. The molecule has 0 saturated carbocycles. The van der Waals surface area contributed by atoms with Gasteiger partial charge in [0, 0.05) is 33.4 Å². The zero-order chi connectivity index (χ0) is 45.7. The zero-order valence-corrected chi connectivity index (χ0v) is 38.0. The summed E-state index contributed by atoms with van der Waals surface area (Å²) in [7, 11) is 0. The molecule has 0 amide bonds. The van der Waals surface area contributed by atoms with E-state index in [2.05, 4.69) is 289 Å². The van der Waals surface area contributed by atoms with Gasteiger partial charge in [0.2, 0.25) is 0 Å². The molecule has 11 aromatic carbocycles. The lowest BCUT2D eigenvalue weighted by Crippen LogP contribution is -2.28. The number of aromatic nitrogens is 1. The van der Waals surface area contributed by atoms with Gasteiger partial charge < -0.3 is 9.47 Å². The highest BCUT2D eigenvalue weighted by atomic mass is 15.1. The largest absolute Gasteiger partial charge is 0.310 e. The first-order valence-electron chi connectivity index (χ1n) is 23.8. The lowest BCUT2D eigenvalue weighted by Gasteiger charge is -2.34. The van der Waals surface area contributed by atoms with Crippen molar-refractivity contribution in [2.24, 2.45) is 0 Å². The van der Waals surface area contributed by atoms with E-state index < -0.39 is 5.41 Å². The summed E-state index contributed by atoms with van der Waals surface area (Å²) in [5.74, 6) is 0. The molecule has 12 aromatic rings. The van der Waals surface area contributed by atoms with Gasteiger partial charge in [-0.3, -0.25) is 0 Å². The summed E-state index contributed by atoms with van der Waals surface area (Å²) in [5, 5.41) is 2.53. The zero-order valence-electron chi connectivity index (χ0n) is 38.0. The molecule has 0 unspecified atom stereocenters. The summed E-state index contributed by atoms with van der Waals surface area (Å²) in [6.07, 6.45) is 0. The van der Waals surface area contributed by atoms with Crippen LogP contribution in [0.3, 0.4) is 0 Å². The number of rotatable bonds is 9. The highest BCUT2D eigenvalue weighted by molar-refractivity contribution is 6.09. The number of hydrogen-bond acceptors (Lipinski definition) is 1. The van der Waals surface area contributed by atoms with E-state index in [0.29, 0.717) is 0 Å². The van der Waals surface area contributed by atoms with Gasteiger partial charge in [-0.05, 0) is 116 Å². The molecule has 2 nitrogen and oxygen atoms in total. The molecular weight excluding hydrogens is 833 g/mol. The van der Waals surface area contributed by atoms with Crippen molar-refractivity contribution in [3.63, 3.8) is 0 Å². The summed E-state index contributed by atoms with van der Waals surface area (Å²) in [6.45, 7) is 0. The van der Waals surface area contributed by atoms with Gasteiger partial charge in [0.1, 0.15) is 0 Å². The van der Waals surface area contributed by atoms with Gasteiger partial charge in [0.25, 0.3) is 0 Å². The first kappa shape index (κ1) is 40.3. The van der Waals surface area contributed by atoms with Crippen molar-refractivity contribution >= 4 is 38.9 Å². The first-order valence-corrected chi connectivity index (χ1v) is 23.8. The van der Waals surface area contributed by atoms with Gasteiger partial charge >= 0.3 is 0 Å². The Balaban J connectivity index is 0.921. The van der Waals surface area contributed by atoms with E-state index in [4.69, 9.17) is 0 Å². The van der Waals surface area contributed by atoms with E-state index in [1.165, 1.54) is 71.9 Å². The van der Waals surface area contributed by atoms with E-state index >= 15 is 0 Å². The maximum Gasteiger partial charge on any atom is 0.0713 e. The van der Waals surface area contributed by atoms with Crippen molar-refractivity contribution in [2.75, 3.05) is 4.90 Å². The van der Waals surface area contributed by atoms with Gasteiger partial charge in [-0.2, -0.15) is 0 Å². The van der Waals surface area contributed by atoms with Crippen LogP contribution in [0.2, 0.25) is 0 Å². The molecule has 1 aliphatic carbocycles. The molecule has 1 heterocycles. The Morgan fingerprint density at radius 3 is 1.25 bits per heavy atom. The Bertz CT molecular complexity index is 3690. The minimum atomic E-state index is -0.477. The Morgan fingerprint density at radius 1 is 0.275 bits per heavy atom. The van der Waals surface area contributed by atoms with E-state index in [9.17, 15) is 0 Å². The Hall–Kier alpha value is -8.98. The SMILES string of the molecule is c1ccc(-c2ccc(-c3ccccc3N(c3ccc(-c4ccc(-n5c6ccccc6c6ccccc65)cc4)cc3)c3ccc(C4(c5ccccc5)c5ccccc5-c5ccccc54)cc3)cc2)cc1. The second-order valence-corrected chi connectivity index (χ2v) is 18.0. The molecule has 2 heteroatoms. The fourth-order valence-electron chi connectivity index (χ4n) is 11.2. The number of hydrogen-bond donors (Lipinski definition) is 0. The van der Waals surface area contributed by atoms with Gasteiger partial charge in [-0.15, -0.1) is 0 Å². The van der Waals surface area contributed by atoms with Crippen molar-refractivity contribution in [1.82, 2.24) is 4.57 Å². The molecule has 0 bridgehead atoms. The average Bonchev–Trinajstić information content (AvgIpc) is 3.93. The molecule has 0 atom stereocenters. The van der Waals surface area contributed by atoms with E-state index in [1.807, 2.05) is 0 Å². The van der Waals surface area contributed by atoms with Gasteiger partial charge in [-0.1, -0.05) is 224 Å². The van der Waals surface area contributed by atoms with E-state index in [1.54, 1.807) is 0 Å². The maximum absolute atomic E-state index is 2.42. The normalized spacial score (nSPS) is 12.5. The maximum atomic E-state index is 2.42. The molecular formula is C67H46N2. The lowest BCUT2D eigenvalue weighted by molar-refractivity contribution is 0.768. The van der Waals surface area contributed by atoms with Crippen LogP contribution in [0.5, 0.6) is 0 Å². The van der Waals surface area contributed by atoms with Crippen LogP contribution in [0.1, 0.15) is 22.3 Å². The summed E-state index contributed by atoms with van der Waals surface area (Å²) >= 11 is 0. The van der Waals surface area contributed by atoms with E-state index in [0.717, 1.165) is 39.4 Å². The second-order valence-electron chi connectivity index (χ2n) is 18.0. The van der Waals surface area contributed by atoms with Crippen molar-refractivity contribution in [1.29, 1.82) is 0 Å². The number of anilines is 3. The summed E-state index contributed by atoms with van der Waals surface area (Å²) in [4.78, 5) is 2.42. The Kier molecular flexibility index (Phi) is 9.77. The van der Waals surface area contributed by atoms with Crippen molar-refractivity contribution in [3.05, 3.63) is 301 Å². The third-order valence-corrected chi connectivity index (χ3v) is 14.3. The molecule has 0 radical (unpaired) electrons. The van der Waals surface area contributed by atoms with Gasteiger partial charge in [-0.25, -0.2) is 0 Å². The van der Waals surface area contributed by atoms with Crippen molar-refractivity contribution in [2.45, 2.75) is 5.41 Å². The topological polar surface area (TPSA) is 8.17 Å². The summed E-state index contributed by atoms with van der Waals surface area (Å²) < 4.78 is 2.37. The highest BCUT2D eigenvalue weighted by Gasteiger charge is 2.45. The average molecular weight is 879 g/mol. The van der Waals surface area contributed by atoms with Crippen molar-refractivity contribution < 1.29 is 0 Å². The van der Waals surface area contributed by atoms with Crippen LogP contribution in [0.4, 0.5) is 17.1 Å². The monoisotopic (exact) mass is 878 g/mol. The van der Waals surface area contributed by atoms with Crippen LogP contribution in [0, 0.1) is 0 Å². The molecule has 13 rings (SSSR count). The molecule has 0 saturated heterocycles. The fraction of sp³-hybridized carbons (Fsp3) is 0.0149. The number of fused-ring (bicyclic) bond motifs is 6. The lowest BCUT2D eigenvalue weighted by atomic mass is 9.68. The molecule has 0 fully saturated rings. The highest BCUT2D eigenvalue weighted by Crippen LogP contribution is 2.56. The third-order valence-electron chi connectivity index (χ3n) is 14.3. The molecule has 1 aliphatic rings. The van der Waals surface area contributed by atoms with Crippen LogP contribution < -0.4 is 4.90 Å². The van der Waals surface area contributed by atoms with Crippen LogP contribution in [-0.4, -0.2) is 4.57 Å². The number of benzene rings is 11. The predicted octanol–water partition coefficient (Wildman–Crippen LogP) is 17.6. The quantitative estimate of drug-likeness (QED) is 0.140. The van der Waals surface area contributed by atoms with Gasteiger partial charge in [0.15, 0.2) is 0 Å². The number of para-hydroxylation sites is 3. The molecule has 324 valence electrons. The Morgan fingerprint density at radius 2 is 0.667 bits per heavy atom. The predicted molar refractivity (Wildman–Crippen MR) is 289 cm³/mol. The standard InChI is InChI=1S/C67H46N2/c1-3-17-47(18-4-1)48-31-33-51(34-32-48)57-21-9-14-28-64(57)68(54-41-35-49(36-42-54)50-37-43-56(44-38-50)69-65-29-15-10-24-60(65)61-25-11-16-30-66(61)69)55-45-39-53(40-46-55)67(52-19-5-2-6-20-52)62-26-12-7-22-58(62)59-23-8-13-27-63(59)67/h1-46H. The molecule has 69 heavy (non-hydrogen) atoms. The van der Waals surface area contributed by atoms with Crippen LogP contribution >= 0.6 is 0 Å². The van der Waals surface area contributed by atoms with Gasteiger partial charge in [0.05, 0.1) is 22.1 Å². The number of nitrogens with zero attached hydrogens (tertiary/aromatic N) is 2. The van der Waals surface area contributed by atoms with Crippen LogP contribution in [-0.2, 0) is 5.41 Å². The first-order chi connectivity index (χ1) is 34.2.